The van der Waals surface area contributed by atoms with Gasteiger partial charge in [-0.1, -0.05) is 6.07 Å². The lowest BCUT2D eigenvalue weighted by molar-refractivity contribution is 0.0696. The van der Waals surface area contributed by atoms with Crippen LogP contribution in [0.2, 0.25) is 0 Å². The molecule has 24 heavy (non-hydrogen) atoms. The SMILES string of the molecule is O=C(O)c1cnn(Cc2ccc(N3CC4(CC4)C3)nc2C(F)F)c1. The Hall–Kier alpha value is -2.51. The molecule has 0 bridgehead atoms. The molecule has 126 valence electrons. The predicted molar refractivity (Wildman–Crippen MR) is 81.4 cm³/mol. The van der Waals surface area contributed by atoms with Crippen molar-refractivity contribution in [1.82, 2.24) is 14.8 Å². The molecule has 1 saturated carbocycles. The number of rotatable bonds is 5. The Morgan fingerprint density at radius 3 is 2.67 bits per heavy atom. The molecule has 1 saturated heterocycles. The lowest BCUT2D eigenvalue weighted by atomic mass is 9.97. The molecular formula is C16H16F2N4O2. The van der Waals surface area contributed by atoms with Crippen LogP contribution >= 0.6 is 0 Å². The Labute approximate surface area is 136 Å². The molecule has 2 aromatic heterocycles. The van der Waals surface area contributed by atoms with E-state index in [2.05, 4.69) is 10.1 Å². The summed E-state index contributed by atoms with van der Waals surface area (Å²) >= 11 is 0. The van der Waals surface area contributed by atoms with Gasteiger partial charge in [-0.15, -0.1) is 0 Å². The van der Waals surface area contributed by atoms with Crippen molar-refractivity contribution < 1.29 is 18.7 Å². The van der Waals surface area contributed by atoms with Crippen molar-refractivity contribution in [3.8, 4) is 0 Å². The minimum absolute atomic E-state index is 0.0217. The fourth-order valence-corrected chi connectivity index (χ4v) is 3.15. The summed E-state index contributed by atoms with van der Waals surface area (Å²) in [4.78, 5) is 17.0. The van der Waals surface area contributed by atoms with E-state index in [1.165, 1.54) is 29.9 Å². The van der Waals surface area contributed by atoms with Crippen LogP contribution in [0.3, 0.4) is 0 Å². The topological polar surface area (TPSA) is 71.2 Å². The zero-order chi connectivity index (χ0) is 16.9. The van der Waals surface area contributed by atoms with Crippen LogP contribution in [0, 0.1) is 5.41 Å². The molecule has 8 heteroatoms. The summed E-state index contributed by atoms with van der Waals surface area (Å²) in [6.45, 7) is 1.84. The maximum Gasteiger partial charge on any atom is 0.338 e. The number of hydrogen-bond acceptors (Lipinski definition) is 4. The second-order valence-electron chi connectivity index (χ2n) is 6.60. The molecule has 1 N–H and O–H groups in total. The Balaban J connectivity index is 1.56. The zero-order valence-electron chi connectivity index (χ0n) is 12.8. The number of halogens is 2. The standard InChI is InChI=1S/C16H16F2N4O2/c17-14(18)13-10(6-22-7-11(5-19-22)15(23)24)1-2-12(20-13)21-8-16(9-21)3-4-16/h1-2,5,7,14H,3-4,6,8-9H2,(H,23,24). The van der Waals surface area contributed by atoms with Gasteiger partial charge in [-0.2, -0.15) is 5.10 Å². The lowest BCUT2D eigenvalue weighted by Crippen LogP contribution is -2.49. The zero-order valence-corrected chi connectivity index (χ0v) is 12.8. The quantitative estimate of drug-likeness (QED) is 0.910. The summed E-state index contributed by atoms with van der Waals surface area (Å²) < 4.78 is 28.1. The highest BCUT2D eigenvalue weighted by molar-refractivity contribution is 5.86. The molecule has 2 aliphatic rings. The first-order valence-corrected chi connectivity index (χ1v) is 7.74. The van der Waals surface area contributed by atoms with E-state index in [1.54, 1.807) is 12.1 Å². The average Bonchev–Trinajstić information content (AvgIpc) is 3.18. The smallest absolute Gasteiger partial charge is 0.338 e. The summed E-state index contributed by atoms with van der Waals surface area (Å²) in [5.74, 6) is -0.520. The van der Waals surface area contributed by atoms with Crippen LogP contribution in [0.25, 0.3) is 0 Å². The van der Waals surface area contributed by atoms with Crippen LogP contribution in [0.1, 0.15) is 40.9 Å². The highest BCUT2D eigenvalue weighted by atomic mass is 19.3. The third-order valence-electron chi connectivity index (χ3n) is 4.75. The van der Waals surface area contributed by atoms with Crippen molar-refractivity contribution in [3.63, 3.8) is 0 Å². The van der Waals surface area contributed by atoms with Crippen molar-refractivity contribution >= 4 is 11.8 Å². The second-order valence-corrected chi connectivity index (χ2v) is 6.60. The lowest BCUT2D eigenvalue weighted by Gasteiger charge is -2.41. The fraction of sp³-hybridized carbons (Fsp3) is 0.438. The number of pyridine rings is 1. The van der Waals surface area contributed by atoms with Gasteiger partial charge in [0.05, 0.1) is 18.3 Å². The molecule has 2 fully saturated rings. The third-order valence-corrected chi connectivity index (χ3v) is 4.75. The summed E-state index contributed by atoms with van der Waals surface area (Å²) in [6.07, 6.45) is 2.26. The molecule has 1 aliphatic carbocycles. The van der Waals surface area contributed by atoms with E-state index in [1.807, 2.05) is 4.90 Å². The molecule has 6 nitrogen and oxygen atoms in total. The molecule has 0 aromatic carbocycles. The van der Waals surface area contributed by atoms with Gasteiger partial charge in [0.25, 0.3) is 6.43 Å². The van der Waals surface area contributed by atoms with E-state index in [4.69, 9.17) is 5.11 Å². The molecule has 1 spiro atoms. The van der Waals surface area contributed by atoms with Crippen LogP contribution < -0.4 is 4.90 Å². The van der Waals surface area contributed by atoms with Gasteiger partial charge >= 0.3 is 5.97 Å². The number of aromatic carboxylic acids is 1. The normalized spacial score (nSPS) is 18.0. The Kier molecular flexibility index (Phi) is 3.29. The summed E-state index contributed by atoms with van der Waals surface area (Å²) in [5.41, 5.74) is 0.522. The van der Waals surface area contributed by atoms with E-state index in [9.17, 15) is 13.6 Å². The summed E-state index contributed by atoms with van der Waals surface area (Å²) in [6, 6.07) is 3.38. The average molecular weight is 334 g/mol. The highest BCUT2D eigenvalue weighted by Gasteiger charge is 2.52. The Morgan fingerprint density at radius 2 is 2.08 bits per heavy atom. The first kappa shape index (κ1) is 15.0. The largest absolute Gasteiger partial charge is 0.478 e. The van der Waals surface area contributed by atoms with Crippen molar-refractivity contribution in [2.24, 2.45) is 5.41 Å². The highest BCUT2D eigenvalue weighted by Crippen LogP contribution is 2.53. The number of nitrogens with zero attached hydrogens (tertiary/aromatic N) is 4. The van der Waals surface area contributed by atoms with Crippen molar-refractivity contribution in [1.29, 1.82) is 0 Å². The van der Waals surface area contributed by atoms with Crippen LogP contribution in [-0.2, 0) is 6.54 Å². The molecule has 4 rings (SSSR count). The van der Waals surface area contributed by atoms with Crippen molar-refractivity contribution in [2.75, 3.05) is 18.0 Å². The van der Waals surface area contributed by atoms with Crippen LogP contribution in [-0.4, -0.2) is 38.9 Å². The maximum atomic E-state index is 13.4. The fourth-order valence-electron chi connectivity index (χ4n) is 3.15. The molecular weight excluding hydrogens is 318 g/mol. The molecule has 2 aromatic rings. The third kappa shape index (κ3) is 2.61. The molecule has 0 atom stereocenters. The summed E-state index contributed by atoms with van der Waals surface area (Å²) in [5, 5.41) is 12.8. The van der Waals surface area contributed by atoms with Gasteiger partial charge in [-0.3, -0.25) is 4.68 Å². The molecule has 0 unspecified atom stereocenters. The van der Waals surface area contributed by atoms with Crippen molar-refractivity contribution in [2.45, 2.75) is 25.8 Å². The van der Waals surface area contributed by atoms with Gasteiger partial charge in [-0.25, -0.2) is 18.6 Å². The van der Waals surface area contributed by atoms with E-state index in [-0.39, 0.29) is 17.8 Å². The first-order chi connectivity index (χ1) is 11.5. The van der Waals surface area contributed by atoms with Crippen molar-refractivity contribution in [3.05, 3.63) is 41.3 Å². The molecule has 3 heterocycles. The predicted octanol–water partition coefficient (Wildman–Crippen LogP) is 2.56. The van der Waals surface area contributed by atoms with Gasteiger partial charge in [0.15, 0.2) is 0 Å². The van der Waals surface area contributed by atoms with Gasteiger partial charge in [0, 0.05) is 30.3 Å². The monoisotopic (exact) mass is 334 g/mol. The van der Waals surface area contributed by atoms with Crippen LogP contribution in [0.5, 0.6) is 0 Å². The molecule has 0 amide bonds. The Bertz CT molecular complexity index is 793. The van der Waals surface area contributed by atoms with E-state index in [0.29, 0.717) is 16.8 Å². The van der Waals surface area contributed by atoms with Gasteiger partial charge in [0.1, 0.15) is 11.5 Å². The van der Waals surface area contributed by atoms with Crippen LogP contribution in [0.4, 0.5) is 14.6 Å². The van der Waals surface area contributed by atoms with Crippen LogP contribution in [0.15, 0.2) is 24.5 Å². The second kappa shape index (κ2) is 5.25. The van der Waals surface area contributed by atoms with Gasteiger partial charge < -0.3 is 10.0 Å². The first-order valence-electron chi connectivity index (χ1n) is 7.74. The van der Waals surface area contributed by atoms with Gasteiger partial charge in [-0.05, 0) is 18.9 Å². The number of aromatic nitrogens is 3. The number of anilines is 1. The van der Waals surface area contributed by atoms with E-state index in [0.717, 1.165) is 13.1 Å². The number of carboxylic acid groups (broad SMARTS) is 1. The minimum Gasteiger partial charge on any atom is -0.478 e. The maximum absolute atomic E-state index is 13.4. The van der Waals surface area contributed by atoms with E-state index < -0.39 is 12.4 Å². The molecule has 0 radical (unpaired) electrons. The van der Waals surface area contributed by atoms with Gasteiger partial charge in [0.2, 0.25) is 0 Å². The van der Waals surface area contributed by atoms with E-state index >= 15 is 0 Å². The number of hydrogen-bond donors (Lipinski definition) is 1. The number of carbonyl (C=O) groups is 1. The molecule has 1 aliphatic heterocycles. The summed E-state index contributed by atoms with van der Waals surface area (Å²) in [7, 11) is 0. The minimum atomic E-state index is -2.69. The number of carboxylic acids is 1. The number of alkyl halides is 2. The Morgan fingerprint density at radius 1 is 1.33 bits per heavy atom.